The van der Waals surface area contributed by atoms with Gasteiger partial charge in [-0.15, -0.1) is 0 Å². The van der Waals surface area contributed by atoms with Gasteiger partial charge in [0, 0.05) is 18.9 Å². The summed E-state index contributed by atoms with van der Waals surface area (Å²) in [4.78, 5) is 4.64. The number of nitrogens with two attached hydrogens (primary N) is 1. The van der Waals surface area contributed by atoms with Gasteiger partial charge in [0.2, 0.25) is 0 Å². The van der Waals surface area contributed by atoms with Crippen LogP contribution in [0.25, 0.3) is 0 Å². The summed E-state index contributed by atoms with van der Waals surface area (Å²) >= 11 is 1.83. The Morgan fingerprint density at radius 3 is 2.53 bits per heavy atom. The molecular weight excluding hydrogens is 206 g/mol. The molecule has 0 fully saturated rings. The van der Waals surface area contributed by atoms with Gasteiger partial charge in [-0.25, -0.2) is 4.98 Å². The highest BCUT2D eigenvalue weighted by Gasteiger charge is 2.15. The molecule has 0 amide bonds. The van der Waals surface area contributed by atoms with Crippen molar-refractivity contribution in [2.45, 2.75) is 39.7 Å². The quantitative estimate of drug-likeness (QED) is 0.840. The molecule has 0 aliphatic carbocycles. The molecule has 0 atom stereocenters. The fourth-order valence-electron chi connectivity index (χ4n) is 1.69. The summed E-state index contributed by atoms with van der Waals surface area (Å²) in [7, 11) is 0. The molecule has 0 saturated heterocycles. The Morgan fingerprint density at radius 2 is 2.13 bits per heavy atom. The summed E-state index contributed by atoms with van der Waals surface area (Å²) in [5.74, 6) is 3.50. The Hall–Kier alpha value is -0.640. The number of aromatic nitrogens is 2. The molecule has 0 aliphatic rings. The second-order valence-corrected chi connectivity index (χ2v) is 4.93. The molecule has 2 N–H and O–H groups in total. The molecule has 3 nitrogen and oxygen atoms in total. The first-order chi connectivity index (χ1) is 7.11. The predicted octanol–water partition coefficient (Wildman–Crippen LogP) is 2.51. The van der Waals surface area contributed by atoms with Gasteiger partial charge in [-0.3, -0.25) is 0 Å². The van der Waals surface area contributed by atoms with E-state index in [1.54, 1.807) is 0 Å². The predicted molar refractivity (Wildman–Crippen MR) is 68.5 cm³/mol. The topological polar surface area (TPSA) is 43.8 Å². The number of anilines is 1. The number of aryl methyl sites for hydroxylation is 1. The molecule has 0 saturated carbocycles. The van der Waals surface area contributed by atoms with Crippen LogP contribution in [0.1, 0.15) is 38.2 Å². The minimum absolute atomic E-state index is 0.440. The zero-order valence-corrected chi connectivity index (χ0v) is 10.9. The van der Waals surface area contributed by atoms with Crippen molar-refractivity contribution in [3.8, 4) is 0 Å². The van der Waals surface area contributed by atoms with Crippen LogP contribution in [0.4, 0.5) is 5.82 Å². The third-order valence-electron chi connectivity index (χ3n) is 2.49. The zero-order valence-electron chi connectivity index (χ0n) is 10.1. The minimum atomic E-state index is 0.440. The molecule has 0 radical (unpaired) electrons. The molecule has 0 unspecified atom stereocenters. The zero-order chi connectivity index (χ0) is 11.4. The van der Waals surface area contributed by atoms with Crippen LogP contribution in [0, 0.1) is 0 Å². The summed E-state index contributed by atoms with van der Waals surface area (Å²) in [6, 6.07) is 0. The lowest BCUT2D eigenvalue weighted by Gasteiger charge is -2.08. The molecule has 15 heavy (non-hydrogen) atoms. The summed E-state index contributed by atoms with van der Waals surface area (Å²) in [5, 5.41) is 0. The Kier molecular flexibility index (Phi) is 4.51. The summed E-state index contributed by atoms with van der Waals surface area (Å²) in [5.41, 5.74) is 7.15. The summed E-state index contributed by atoms with van der Waals surface area (Å²) < 4.78 is 2.13. The number of nitrogens with zero attached hydrogens (tertiary/aromatic N) is 2. The molecule has 86 valence electrons. The van der Waals surface area contributed by atoms with Gasteiger partial charge in [-0.2, -0.15) is 11.8 Å². The Morgan fingerprint density at radius 1 is 1.47 bits per heavy atom. The number of hydrogen-bond acceptors (Lipinski definition) is 3. The maximum absolute atomic E-state index is 6.08. The van der Waals surface area contributed by atoms with Crippen molar-refractivity contribution in [3.05, 3.63) is 11.5 Å². The van der Waals surface area contributed by atoms with E-state index in [0.29, 0.717) is 5.92 Å². The second-order valence-electron chi connectivity index (χ2n) is 3.94. The molecule has 0 spiro atoms. The van der Waals surface area contributed by atoms with Crippen LogP contribution in [0.15, 0.2) is 0 Å². The Labute approximate surface area is 96.5 Å². The van der Waals surface area contributed by atoms with Crippen LogP contribution >= 0.6 is 11.8 Å². The van der Waals surface area contributed by atoms with Crippen molar-refractivity contribution < 1.29 is 0 Å². The van der Waals surface area contributed by atoms with Crippen molar-refractivity contribution >= 4 is 17.6 Å². The van der Waals surface area contributed by atoms with E-state index in [-0.39, 0.29) is 0 Å². The van der Waals surface area contributed by atoms with Crippen molar-refractivity contribution in [3.63, 3.8) is 0 Å². The number of hydrogen-bond donors (Lipinski definition) is 1. The number of rotatable bonds is 5. The van der Waals surface area contributed by atoms with Crippen molar-refractivity contribution in [2.24, 2.45) is 0 Å². The van der Waals surface area contributed by atoms with Crippen LogP contribution in [-0.2, 0) is 13.0 Å². The minimum Gasteiger partial charge on any atom is -0.384 e. The van der Waals surface area contributed by atoms with E-state index >= 15 is 0 Å². The first-order valence-corrected chi connectivity index (χ1v) is 6.84. The number of nitrogen functional groups attached to an aromatic ring is 1. The highest BCUT2D eigenvalue weighted by atomic mass is 32.2. The van der Waals surface area contributed by atoms with Crippen molar-refractivity contribution in [1.29, 1.82) is 0 Å². The van der Waals surface area contributed by atoms with Crippen molar-refractivity contribution in [1.82, 2.24) is 9.55 Å². The van der Waals surface area contributed by atoms with Gasteiger partial charge in [0.1, 0.15) is 11.6 Å². The van der Waals surface area contributed by atoms with Crippen LogP contribution in [0.3, 0.4) is 0 Å². The van der Waals surface area contributed by atoms with Gasteiger partial charge in [0.05, 0.1) is 5.69 Å². The van der Waals surface area contributed by atoms with Crippen LogP contribution in [-0.4, -0.2) is 21.6 Å². The van der Waals surface area contributed by atoms with E-state index in [4.69, 9.17) is 5.73 Å². The van der Waals surface area contributed by atoms with E-state index in [1.165, 1.54) is 0 Å². The molecule has 0 bridgehead atoms. The molecule has 0 aliphatic heterocycles. The van der Waals surface area contributed by atoms with Gasteiger partial charge in [-0.05, 0) is 18.9 Å². The summed E-state index contributed by atoms with van der Waals surface area (Å²) in [6.45, 7) is 7.34. The maximum atomic E-state index is 6.08. The average Bonchev–Trinajstić information content (AvgIpc) is 2.52. The van der Waals surface area contributed by atoms with E-state index in [0.717, 1.165) is 36.1 Å². The molecular formula is C11H21N3S. The normalized spacial score (nSPS) is 11.3. The second kappa shape index (κ2) is 5.45. The number of thioether (sulfide) groups is 1. The standard InChI is InChI=1S/C11H21N3S/c1-5-14-10(12)9(6-7-15-4)13-11(14)8(2)3/h8H,5-7,12H2,1-4H3. The third-order valence-corrected chi connectivity index (χ3v) is 3.10. The highest BCUT2D eigenvalue weighted by molar-refractivity contribution is 7.98. The molecule has 0 aromatic carbocycles. The van der Waals surface area contributed by atoms with E-state index in [2.05, 4.69) is 36.6 Å². The number of imidazole rings is 1. The van der Waals surface area contributed by atoms with E-state index in [9.17, 15) is 0 Å². The smallest absolute Gasteiger partial charge is 0.126 e. The fourth-order valence-corrected chi connectivity index (χ4v) is 2.09. The monoisotopic (exact) mass is 227 g/mol. The van der Waals surface area contributed by atoms with Crippen molar-refractivity contribution in [2.75, 3.05) is 17.7 Å². The van der Waals surface area contributed by atoms with Gasteiger partial charge in [0.25, 0.3) is 0 Å². The lowest BCUT2D eigenvalue weighted by atomic mass is 10.2. The third kappa shape index (κ3) is 2.68. The largest absolute Gasteiger partial charge is 0.384 e. The SMILES string of the molecule is CCn1c(C(C)C)nc(CCSC)c1N. The van der Waals surface area contributed by atoms with E-state index in [1.807, 2.05) is 11.8 Å². The molecule has 1 aromatic heterocycles. The lowest BCUT2D eigenvalue weighted by molar-refractivity contribution is 0.658. The fraction of sp³-hybridized carbons (Fsp3) is 0.727. The average molecular weight is 227 g/mol. The molecule has 1 heterocycles. The molecule has 1 aromatic rings. The van der Waals surface area contributed by atoms with Gasteiger partial charge < -0.3 is 10.3 Å². The Bertz CT molecular complexity index is 318. The first-order valence-electron chi connectivity index (χ1n) is 5.45. The molecule has 1 rings (SSSR count). The first kappa shape index (κ1) is 12.4. The van der Waals surface area contributed by atoms with Gasteiger partial charge in [-0.1, -0.05) is 13.8 Å². The molecule has 4 heteroatoms. The van der Waals surface area contributed by atoms with Gasteiger partial charge >= 0.3 is 0 Å². The van der Waals surface area contributed by atoms with Crippen LogP contribution in [0.2, 0.25) is 0 Å². The van der Waals surface area contributed by atoms with Gasteiger partial charge in [0.15, 0.2) is 0 Å². The Balaban J connectivity index is 2.98. The van der Waals surface area contributed by atoms with Crippen LogP contribution < -0.4 is 5.73 Å². The highest BCUT2D eigenvalue weighted by Crippen LogP contribution is 2.21. The van der Waals surface area contributed by atoms with Crippen LogP contribution in [0.5, 0.6) is 0 Å². The summed E-state index contributed by atoms with van der Waals surface area (Å²) in [6.07, 6.45) is 3.08. The van der Waals surface area contributed by atoms with E-state index < -0.39 is 0 Å². The lowest BCUT2D eigenvalue weighted by Crippen LogP contribution is -2.06. The maximum Gasteiger partial charge on any atom is 0.126 e.